The van der Waals surface area contributed by atoms with Crippen LogP contribution < -0.4 is 10.6 Å². The summed E-state index contributed by atoms with van der Waals surface area (Å²) in [7, 11) is 0. The van der Waals surface area contributed by atoms with Crippen molar-refractivity contribution in [2.75, 3.05) is 50.7 Å². The van der Waals surface area contributed by atoms with Crippen LogP contribution in [0.5, 0.6) is 0 Å². The second-order valence-corrected chi connectivity index (χ2v) is 8.80. The van der Waals surface area contributed by atoms with E-state index in [0.717, 1.165) is 50.3 Å². The van der Waals surface area contributed by atoms with Crippen molar-refractivity contribution in [3.8, 4) is 6.07 Å². The van der Waals surface area contributed by atoms with E-state index < -0.39 is 0 Å². The van der Waals surface area contributed by atoms with Crippen LogP contribution in [0, 0.1) is 17.2 Å². The van der Waals surface area contributed by atoms with Gasteiger partial charge in [-0.1, -0.05) is 11.6 Å². The molecule has 0 spiro atoms. The number of amides is 1. The summed E-state index contributed by atoms with van der Waals surface area (Å²) in [4.78, 5) is 19.3. The third-order valence-corrected chi connectivity index (χ3v) is 6.59. The number of hydrogen-bond donors (Lipinski definition) is 1. The van der Waals surface area contributed by atoms with Crippen molar-refractivity contribution in [1.29, 1.82) is 5.26 Å². The van der Waals surface area contributed by atoms with Gasteiger partial charge in [0.1, 0.15) is 0 Å². The Hall–Kier alpha value is -2.59. The first kappa shape index (κ1) is 21.6. The van der Waals surface area contributed by atoms with Crippen LogP contribution in [-0.4, -0.2) is 61.5 Å². The lowest BCUT2D eigenvalue weighted by atomic mass is 10.1. The molecule has 6 nitrogen and oxygen atoms in total. The number of nitrogens with two attached hydrogens (primary N) is 1. The van der Waals surface area contributed by atoms with Crippen LogP contribution in [0.2, 0.25) is 5.02 Å². The van der Waals surface area contributed by atoms with Crippen molar-refractivity contribution in [2.24, 2.45) is 11.7 Å². The first-order valence-corrected chi connectivity index (χ1v) is 11.2. The highest BCUT2D eigenvalue weighted by atomic mass is 35.5. The third-order valence-electron chi connectivity index (χ3n) is 6.34. The highest BCUT2D eigenvalue weighted by Gasteiger charge is 2.24. The third kappa shape index (κ3) is 5.01. The van der Waals surface area contributed by atoms with Crippen LogP contribution >= 0.6 is 11.6 Å². The molecule has 31 heavy (non-hydrogen) atoms. The van der Waals surface area contributed by atoms with E-state index >= 15 is 0 Å². The molecule has 0 saturated carbocycles. The van der Waals surface area contributed by atoms with Gasteiger partial charge in [-0.15, -0.1) is 0 Å². The molecular formula is C24H28ClN5O. The topological polar surface area (TPSA) is 76.6 Å². The molecule has 2 fully saturated rings. The van der Waals surface area contributed by atoms with Gasteiger partial charge in [-0.3, -0.25) is 9.69 Å². The SMILES string of the molecule is N#Cc1ccc(N2CCC(CN)C2)cc1CN1CCN(C(=O)c2ccc(Cl)cc2)CC1. The van der Waals surface area contributed by atoms with Crippen molar-refractivity contribution in [3.05, 3.63) is 64.2 Å². The number of carbonyl (C=O) groups excluding carboxylic acids is 1. The van der Waals surface area contributed by atoms with Crippen LogP contribution in [0.3, 0.4) is 0 Å². The lowest BCUT2D eigenvalue weighted by molar-refractivity contribution is 0.0628. The van der Waals surface area contributed by atoms with Gasteiger partial charge in [0, 0.05) is 62.1 Å². The van der Waals surface area contributed by atoms with Crippen LogP contribution in [-0.2, 0) is 6.54 Å². The maximum atomic E-state index is 12.7. The monoisotopic (exact) mass is 437 g/mol. The summed E-state index contributed by atoms with van der Waals surface area (Å²) < 4.78 is 0. The van der Waals surface area contributed by atoms with E-state index in [-0.39, 0.29) is 5.91 Å². The fraction of sp³-hybridized carbons (Fsp3) is 0.417. The van der Waals surface area contributed by atoms with Crippen molar-refractivity contribution in [2.45, 2.75) is 13.0 Å². The Bertz CT molecular complexity index is 963. The molecular weight excluding hydrogens is 410 g/mol. The van der Waals surface area contributed by atoms with Crippen molar-refractivity contribution < 1.29 is 4.79 Å². The molecule has 2 aromatic rings. The minimum atomic E-state index is 0.0412. The predicted octanol–water partition coefficient (Wildman–Crippen LogP) is 2.95. The van der Waals surface area contributed by atoms with Gasteiger partial charge in [0.15, 0.2) is 0 Å². The fourth-order valence-electron chi connectivity index (χ4n) is 4.40. The van der Waals surface area contributed by atoms with Gasteiger partial charge in [-0.2, -0.15) is 5.26 Å². The van der Waals surface area contributed by atoms with Gasteiger partial charge in [0.05, 0.1) is 11.6 Å². The summed E-state index contributed by atoms with van der Waals surface area (Å²) in [5.74, 6) is 0.588. The van der Waals surface area contributed by atoms with Gasteiger partial charge >= 0.3 is 0 Å². The molecule has 2 aliphatic rings. The molecule has 162 valence electrons. The van der Waals surface area contributed by atoms with E-state index in [1.807, 2.05) is 17.0 Å². The Morgan fingerprint density at radius 2 is 1.84 bits per heavy atom. The van der Waals surface area contributed by atoms with E-state index in [1.165, 1.54) is 5.69 Å². The lowest BCUT2D eigenvalue weighted by Gasteiger charge is -2.35. The minimum Gasteiger partial charge on any atom is -0.371 e. The summed E-state index contributed by atoms with van der Waals surface area (Å²) in [5, 5.41) is 10.2. The Kier molecular flexibility index (Phi) is 6.77. The second-order valence-electron chi connectivity index (χ2n) is 8.36. The Balaban J connectivity index is 1.38. The largest absolute Gasteiger partial charge is 0.371 e. The summed E-state index contributed by atoms with van der Waals surface area (Å²) in [5.41, 5.74) is 9.44. The quantitative estimate of drug-likeness (QED) is 0.778. The summed E-state index contributed by atoms with van der Waals surface area (Å²) in [6.07, 6.45) is 1.12. The zero-order valence-electron chi connectivity index (χ0n) is 17.6. The lowest BCUT2D eigenvalue weighted by Crippen LogP contribution is -2.48. The van der Waals surface area contributed by atoms with Gasteiger partial charge < -0.3 is 15.5 Å². The Labute approximate surface area is 188 Å². The molecule has 2 aliphatic heterocycles. The van der Waals surface area contributed by atoms with E-state index in [4.69, 9.17) is 17.3 Å². The number of nitrogens with zero attached hydrogens (tertiary/aromatic N) is 4. The summed E-state index contributed by atoms with van der Waals surface area (Å²) >= 11 is 5.93. The molecule has 4 rings (SSSR count). The molecule has 0 aromatic heterocycles. The normalized spacial score (nSPS) is 19.5. The number of nitriles is 1. The maximum absolute atomic E-state index is 12.7. The van der Waals surface area contributed by atoms with Crippen molar-refractivity contribution >= 4 is 23.2 Å². The average Bonchev–Trinajstić information content (AvgIpc) is 3.29. The summed E-state index contributed by atoms with van der Waals surface area (Å²) in [6, 6.07) is 15.5. The van der Waals surface area contributed by atoms with E-state index in [2.05, 4.69) is 21.9 Å². The number of benzene rings is 2. The Morgan fingerprint density at radius 1 is 1.10 bits per heavy atom. The molecule has 0 radical (unpaired) electrons. The number of anilines is 1. The first-order chi connectivity index (χ1) is 15.1. The van der Waals surface area contributed by atoms with Crippen LogP contribution in [0.25, 0.3) is 0 Å². The molecule has 1 unspecified atom stereocenters. The number of rotatable bonds is 5. The zero-order chi connectivity index (χ0) is 21.8. The van der Waals surface area contributed by atoms with Gasteiger partial charge in [-0.05, 0) is 66.9 Å². The zero-order valence-corrected chi connectivity index (χ0v) is 18.4. The Morgan fingerprint density at radius 3 is 2.48 bits per heavy atom. The van der Waals surface area contributed by atoms with Crippen LogP contribution in [0.1, 0.15) is 27.9 Å². The predicted molar refractivity (Wildman–Crippen MR) is 123 cm³/mol. The fourth-order valence-corrected chi connectivity index (χ4v) is 4.53. The van der Waals surface area contributed by atoms with E-state index in [0.29, 0.717) is 36.1 Å². The molecule has 1 atom stereocenters. The van der Waals surface area contributed by atoms with Crippen molar-refractivity contribution in [1.82, 2.24) is 9.80 Å². The molecule has 2 N–H and O–H groups in total. The van der Waals surface area contributed by atoms with Crippen LogP contribution in [0.4, 0.5) is 5.69 Å². The van der Waals surface area contributed by atoms with Gasteiger partial charge in [0.25, 0.3) is 5.91 Å². The maximum Gasteiger partial charge on any atom is 0.253 e. The molecule has 2 saturated heterocycles. The smallest absolute Gasteiger partial charge is 0.253 e. The standard InChI is InChI=1S/C24H28ClN5O/c25-22-4-1-19(2-5-22)24(31)29-11-9-28(10-12-29)17-21-13-23(6-3-20(21)15-27)30-8-7-18(14-26)16-30/h1-6,13,18H,7-12,14,16-17,26H2. The highest BCUT2D eigenvalue weighted by molar-refractivity contribution is 6.30. The van der Waals surface area contributed by atoms with Gasteiger partial charge in [0.2, 0.25) is 0 Å². The molecule has 7 heteroatoms. The first-order valence-electron chi connectivity index (χ1n) is 10.8. The highest BCUT2D eigenvalue weighted by Crippen LogP contribution is 2.26. The molecule has 2 aromatic carbocycles. The van der Waals surface area contributed by atoms with Crippen molar-refractivity contribution in [3.63, 3.8) is 0 Å². The molecule has 2 heterocycles. The number of piperazine rings is 1. The van der Waals surface area contributed by atoms with E-state index in [9.17, 15) is 10.1 Å². The summed E-state index contributed by atoms with van der Waals surface area (Å²) in [6.45, 7) is 6.35. The van der Waals surface area contributed by atoms with E-state index in [1.54, 1.807) is 24.3 Å². The molecule has 0 aliphatic carbocycles. The average molecular weight is 438 g/mol. The minimum absolute atomic E-state index is 0.0412. The molecule has 1 amide bonds. The molecule has 0 bridgehead atoms. The second kappa shape index (κ2) is 9.69. The van der Waals surface area contributed by atoms with Gasteiger partial charge in [-0.25, -0.2) is 0 Å². The number of hydrogen-bond acceptors (Lipinski definition) is 5. The number of halogens is 1. The number of carbonyl (C=O) groups is 1. The van der Waals surface area contributed by atoms with Crippen LogP contribution in [0.15, 0.2) is 42.5 Å².